The molecule has 0 heterocycles. The number of hydrogen-bond donors (Lipinski definition) is 4. The molecule has 0 bridgehead atoms. The van der Waals surface area contributed by atoms with Crippen LogP contribution in [0.4, 0.5) is 0 Å². The van der Waals surface area contributed by atoms with Gasteiger partial charge in [-0.1, -0.05) is 39.0 Å². The third-order valence-corrected chi connectivity index (χ3v) is 3.26. The van der Waals surface area contributed by atoms with Crippen molar-refractivity contribution in [3.8, 4) is 0 Å². The van der Waals surface area contributed by atoms with Crippen LogP contribution in [0.25, 0.3) is 0 Å². The molecule has 21 heavy (non-hydrogen) atoms. The average Bonchev–Trinajstić information content (AvgIpc) is 2.47. The SMILES string of the molecule is CCCCCCCCO[C@@H]([C@H](O)[C@H](O)CO)[C@@H](N)C=O.Cl. The summed E-state index contributed by atoms with van der Waals surface area (Å²) in [6, 6.07) is -1.02. The largest absolute Gasteiger partial charge is 0.394 e. The number of carbonyl (C=O) groups excluding carboxylic acids is 1. The van der Waals surface area contributed by atoms with Crippen LogP contribution in [0.2, 0.25) is 0 Å². The fourth-order valence-corrected chi connectivity index (χ4v) is 1.94. The highest BCUT2D eigenvalue weighted by Gasteiger charge is 2.31. The van der Waals surface area contributed by atoms with Crippen molar-refractivity contribution in [2.45, 2.75) is 69.8 Å². The highest BCUT2D eigenvalue weighted by atomic mass is 35.5. The van der Waals surface area contributed by atoms with Crippen molar-refractivity contribution in [3.63, 3.8) is 0 Å². The molecule has 0 amide bonds. The van der Waals surface area contributed by atoms with Crippen molar-refractivity contribution in [3.05, 3.63) is 0 Å². The van der Waals surface area contributed by atoms with E-state index < -0.39 is 31.0 Å². The van der Waals surface area contributed by atoms with E-state index in [0.717, 1.165) is 19.3 Å². The summed E-state index contributed by atoms with van der Waals surface area (Å²) in [6.07, 6.45) is 3.30. The molecule has 0 aliphatic rings. The van der Waals surface area contributed by atoms with Crippen LogP contribution in [0.5, 0.6) is 0 Å². The zero-order valence-electron chi connectivity index (χ0n) is 12.7. The molecule has 4 atom stereocenters. The Morgan fingerprint density at radius 1 is 1.14 bits per heavy atom. The minimum Gasteiger partial charge on any atom is -0.394 e. The fourth-order valence-electron chi connectivity index (χ4n) is 1.94. The van der Waals surface area contributed by atoms with Crippen LogP contribution < -0.4 is 5.73 Å². The van der Waals surface area contributed by atoms with E-state index in [0.29, 0.717) is 12.9 Å². The molecule has 0 aliphatic carbocycles. The van der Waals surface area contributed by atoms with E-state index in [4.69, 9.17) is 15.6 Å². The van der Waals surface area contributed by atoms with Gasteiger partial charge < -0.3 is 30.6 Å². The molecular weight excluding hydrogens is 298 g/mol. The minimum absolute atomic E-state index is 0. The van der Waals surface area contributed by atoms with Gasteiger partial charge >= 0.3 is 0 Å². The number of ether oxygens (including phenoxy) is 1. The number of aliphatic hydroxyl groups excluding tert-OH is 3. The predicted octanol–water partition coefficient (Wildman–Crippen LogP) is 0.394. The topological polar surface area (TPSA) is 113 Å². The molecule has 0 aromatic heterocycles. The lowest BCUT2D eigenvalue weighted by molar-refractivity contribution is -0.127. The molecule has 7 heteroatoms. The Balaban J connectivity index is 0. The van der Waals surface area contributed by atoms with E-state index in [1.54, 1.807) is 0 Å². The Hall–Kier alpha value is -0.240. The molecule has 0 saturated heterocycles. The lowest BCUT2D eigenvalue weighted by Gasteiger charge is -2.28. The molecule has 0 unspecified atom stereocenters. The number of rotatable bonds is 13. The number of carbonyl (C=O) groups is 1. The van der Waals surface area contributed by atoms with Gasteiger partial charge in [-0.15, -0.1) is 12.4 Å². The molecule has 0 aliphatic heterocycles. The van der Waals surface area contributed by atoms with E-state index in [-0.39, 0.29) is 12.4 Å². The Morgan fingerprint density at radius 3 is 2.24 bits per heavy atom. The highest BCUT2D eigenvalue weighted by molar-refractivity contribution is 5.85. The summed E-state index contributed by atoms with van der Waals surface area (Å²) in [5.41, 5.74) is 5.55. The molecule has 0 rings (SSSR count). The fraction of sp³-hybridized carbons (Fsp3) is 0.929. The summed E-state index contributed by atoms with van der Waals surface area (Å²) in [7, 11) is 0. The second-order valence-electron chi connectivity index (χ2n) is 5.06. The van der Waals surface area contributed by atoms with Crippen LogP contribution in [0, 0.1) is 0 Å². The summed E-state index contributed by atoms with van der Waals surface area (Å²) in [6.45, 7) is 1.92. The van der Waals surface area contributed by atoms with Crippen LogP contribution in [0.1, 0.15) is 45.4 Å². The number of nitrogens with two attached hydrogens (primary N) is 1. The summed E-state index contributed by atoms with van der Waals surface area (Å²) >= 11 is 0. The van der Waals surface area contributed by atoms with Gasteiger partial charge in [-0.3, -0.25) is 0 Å². The van der Waals surface area contributed by atoms with Gasteiger partial charge in [-0.05, 0) is 6.42 Å². The summed E-state index contributed by atoms with van der Waals surface area (Å²) in [5.74, 6) is 0. The Bertz CT molecular complexity index is 245. The van der Waals surface area contributed by atoms with Crippen LogP contribution in [0.3, 0.4) is 0 Å². The quantitative estimate of drug-likeness (QED) is 0.287. The Labute approximate surface area is 133 Å². The van der Waals surface area contributed by atoms with Crippen molar-refractivity contribution >= 4 is 18.7 Å². The molecule has 5 N–H and O–H groups in total. The molecule has 0 aromatic carbocycles. The maximum absolute atomic E-state index is 10.7. The number of unbranched alkanes of at least 4 members (excludes halogenated alkanes) is 5. The number of aliphatic hydroxyl groups is 3. The first-order valence-electron chi connectivity index (χ1n) is 7.37. The van der Waals surface area contributed by atoms with E-state index in [1.165, 1.54) is 19.3 Å². The van der Waals surface area contributed by atoms with Crippen molar-refractivity contribution in [1.82, 2.24) is 0 Å². The van der Waals surface area contributed by atoms with Crippen LogP contribution in [0.15, 0.2) is 0 Å². The Morgan fingerprint density at radius 2 is 1.71 bits per heavy atom. The molecular formula is C14H30ClNO5. The van der Waals surface area contributed by atoms with Gasteiger partial charge in [0.2, 0.25) is 0 Å². The molecule has 128 valence electrons. The van der Waals surface area contributed by atoms with Crippen molar-refractivity contribution < 1.29 is 24.9 Å². The van der Waals surface area contributed by atoms with Crippen LogP contribution in [-0.2, 0) is 9.53 Å². The second-order valence-corrected chi connectivity index (χ2v) is 5.06. The third kappa shape index (κ3) is 10.2. The van der Waals surface area contributed by atoms with E-state index >= 15 is 0 Å². The molecule has 0 radical (unpaired) electrons. The first-order valence-corrected chi connectivity index (χ1v) is 7.37. The zero-order chi connectivity index (χ0) is 15.4. The van der Waals surface area contributed by atoms with Gasteiger partial charge in [0.1, 0.15) is 24.6 Å². The van der Waals surface area contributed by atoms with Gasteiger partial charge in [-0.2, -0.15) is 0 Å². The normalized spacial score (nSPS) is 16.6. The first kappa shape index (κ1) is 23.0. The standard InChI is InChI=1S/C14H29NO5.ClH/c1-2-3-4-5-6-7-8-20-14(11(15)9-16)13(19)12(18)10-17;/h9,11-14,17-19H,2-8,10,15H2,1H3;1H/t11-,12+,13+,14+;/m0./s1. The molecule has 0 spiro atoms. The zero-order valence-corrected chi connectivity index (χ0v) is 13.5. The van der Waals surface area contributed by atoms with Crippen LogP contribution >= 0.6 is 12.4 Å². The van der Waals surface area contributed by atoms with Gasteiger partial charge in [0.15, 0.2) is 0 Å². The second kappa shape index (κ2) is 14.7. The Kier molecular flexibility index (Phi) is 16.1. The molecule has 6 nitrogen and oxygen atoms in total. The number of hydrogen-bond acceptors (Lipinski definition) is 6. The number of aldehydes is 1. The predicted molar refractivity (Wildman–Crippen MR) is 83.5 cm³/mol. The van der Waals surface area contributed by atoms with Crippen molar-refractivity contribution in [2.75, 3.05) is 13.2 Å². The molecule has 0 fully saturated rings. The third-order valence-electron chi connectivity index (χ3n) is 3.26. The highest BCUT2D eigenvalue weighted by Crippen LogP contribution is 2.10. The number of halogens is 1. The van der Waals surface area contributed by atoms with E-state index in [2.05, 4.69) is 6.92 Å². The lowest BCUT2D eigenvalue weighted by Crippen LogP contribution is -2.51. The maximum Gasteiger partial charge on any atom is 0.139 e. The van der Waals surface area contributed by atoms with Gasteiger partial charge in [0.05, 0.1) is 12.6 Å². The summed E-state index contributed by atoms with van der Waals surface area (Å²) in [5, 5.41) is 28.0. The lowest BCUT2D eigenvalue weighted by atomic mass is 10.0. The molecule has 0 aromatic rings. The summed E-state index contributed by atoms with van der Waals surface area (Å²) < 4.78 is 5.41. The maximum atomic E-state index is 10.7. The average molecular weight is 328 g/mol. The van der Waals surface area contributed by atoms with Gasteiger partial charge in [-0.25, -0.2) is 0 Å². The first-order chi connectivity index (χ1) is 9.58. The van der Waals surface area contributed by atoms with E-state index in [9.17, 15) is 15.0 Å². The van der Waals surface area contributed by atoms with Gasteiger partial charge in [0, 0.05) is 6.61 Å². The van der Waals surface area contributed by atoms with Gasteiger partial charge in [0.25, 0.3) is 0 Å². The summed E-state index contributed by atoms with van der Waals surface area (Å²) in [4.78, 5) is 10.7. The van der Waals surface area contributed by atoms with Crippen molar-refractivity contribution in [1.29, 1.82) is 0 Å². The molecule has 0 saturated carbocycles. The van der Waals surface area contributed by atoms with Crippen LogP contribution in [-0.4, -0.2) is 59.2 Å². The smallest absolute Gasteiger partial charge is 0.139 e. The van der Waals surface area contributed by atoms with E-state index in [1.807, 2.05) is 0 Å². The monoisotopic (exact) mass is 327 g/mol. The van der Waals surface area contributed by atoms with Crippen molar-refractivity contribution in [2.24, 2.45) is 5.73 Å². The minimum atomic E-state index is -1.37.